The van der Waals surface area contributed by atoms with Crippen molar-refractivity contribution < 1.29 is 17.5 Å². The minimum Gasteiger partial charge on any atom is -0.492 e. The van der Waals surface area contributed by atoms with Gasteiger partial charge in [-0.2, -0.15) is 9.40 Å². The molecule has 1 heterocycles. The lowest BCUT2D eigenvalue weighted by Crippen LogP contribution is -2.30. The van der Waals surface area contributed by atoms with Crippen LogP contribution >= 0.6 is 0 Å². The molecule has 0 unspecified atom stereocenters. The van der Waals surface area contributed by atoms with Crippen LogP contribution in [0.1, 0.15) is 0 Å². The monoisotopic (exact) mass is 299 g/mol. The van der Waals surface area contributed by atoms with E-state index in [9.17, 15) is 12.8 Å². The third-order valence-electron chi connectivity index (χ3n) is 2.67. The van der Waals surface area contributed by atoms with Crippen LogP contribution in [-0.2, 0) is 10.0 Å². The van der Waals surface area contributed by atoms with Crippen molar-refractivity contribution in [1.82, 2.24) is 14.5 Å². The predicted octanol–water partition coefficient (Wildman–Crippen LogP) is 1.25. The zero-order valence-corrected chi connectivity index (χ0v) is 11.6. The van der Waals surface area contributed by atoms with E-state index in [4.69, 9.17) is 4.74 Å². The summed E-state index contributed by atoms with van der Waals surface area (Å²) in [6, 6.07) is 5.53. The van der Waals surface area contributed by atoms with Crippen LogP contribution in [-0.4, -0.2) is 43.1 Å². The Labute approximate surface area is 116 Å². The first-order valence-corrected chi connectivity index (χ1v) is 7.27. The van der Waals surface area contributed by atoms with Crippen molar-refractivity contribution in [3.05, 3.63) is 42.5 Å². The number of aromatic nitrogens is 2. The van der Waals surface area contributed by atoms with Crippen LogP contribution < -0.4 is 4.74 Å². The molecule has 0 radical (unpaired) electrons. The number of H-pyrrole nitrogens is 1. The van der Waals surface area contributed by atoms with Crippen molar-refractivity contribution in [2.24, 2.45) is 0 Å². The van der Waals surface area contributed by atoms with E-state index in [1.54, 1.807) is 0 Å². The minimum atomic E-state index is -3.56. The molecule has 2 rings (SSSR count). The summed E-state index contributed by atoms with van der Waals surface area (Å²) in [5.74, 6) is 0.137. The largest absolute Gasteiger partial charge is 0.492 e. The molecule has 0 fully saturated rings. The molecule has 8 heteroatoms. The van der Waals surface area contributed by atoms with Gasteiger partial charge in [-0.15, -0.1) is 0 Å². The van der Waals surface area contributed by atoms with Gasteiger partial charge in [0.2, 0.25) is 10.0 Å². The molecule has 0 atom stereocenters. The van der Waals surface area contributed by atoms with Crippen LogP contribution in [0.4, 0.5) is 4.39 Å². The maximum Gasteiger partial charge on any atom is 0.246 e. The summed E-state index contributed by atoms with van der Waals surface area (Å²) >= 11 is 0. The van der Waals surface area contributed by atoms with Gasteiger partial charge in [0.05, 0.1) is 6.20 Å². The Balaban J connectivity index is 1.89. The number of rotatable bonds is 6. The summed E-state index contributed by atoms with van der Waals surface area (Å²) in [6.07, 6.45) is 2.55. The van der Waals surface area contributed by atoms with Gasteiger partial charge in [-0.1, -0.05) is 0 Å². The van der Waals surface area contributed by atoms with Gasteiger partial charge in [0.1, 0.15) is 23.1 Å². The molecule has 0 aliphatic rings. The Bertz CT molecular complexity index is 641. The lowest BCUT2D eigenvalue weighted by atomic mass is 10.3. The van der Waals surface area contributed by atoms with Gasteiger partial charge < -0.3 is 4.74 Å². The molecule has 2 aromatic rings. The zero-order chi connectivity index (χ0) is 14.6. The summed E-state index contributed by atoms with van der Waals surface area (Å²) in [7, 11) is -2.10. The Hall–Kier alpha value is -1.93. The number of benzene rings is 1. The van der Waals surface area contributed by atoms with Gasteiger partial charge in [0, 0.05) is 19.8 Å². The first kappa shape index (κ1) is 14.5. The molecule has 1 aromatic carbocycles. The van der Waals surface area contributed by atoms with E-state index in [2.05, 4.69) is 10.2 Å². The highest BCUT2D eigenvalue weighted by atomic mass is 32.2. The van der Waals surface area contributed by atoms with Crippen molar-refractivity contribution in [1.29, 1.82) is 0 Å². The molecule has 0 aliphatic heterocycles. The van der Waals surface area contributed by atoms with Gasteiger partial charge in [-0.05, 0) is 24.3 Å². The molecule has 0 aliphatic carbocycles. The number of ether oxygens (including phenoxy) is 1. The van der Waals surface area contributed by atoms with Crippen molar-refractivity contribution >= 4 is 10.0 Å². The number of halogens is 1. The van der Waals surface area contributed by atoms with Crippen molar-refractivity contribution in [3.8, 4) is 5.75 Å². The molecule has 0 spiro atoms. The van der Waals surface area contributed by atoms with E-state index in [0.717, 1.165) is 0 Å². The predicted molar refractivity (Wildman–Crippen MR) is 70.3 cm³/mol. The fourth-order valence-electron chi connectivity index (χ4n) is 1.50. The van der Waals surface area contributed by atoms with Gasteiger partial charge in [-0.3, -0.25) is 5.10 Å². The first-order valence-electron chi connectivity index (χ1n) is 5.83. The molecule has 1 N–H and O–H groups in total. The molecule has 6 nitrogen and oxygen atoms in total. The number of aromatic amines is 1. The lowest BCUT2D eigenvalue weighted by Gasteiger charge is -2.16. The molecular formula is C12H14FN3O3S. The Morgan fingerprint density at radius 1 is 1.35 bits per heavy atom. The van der Waals surface area contributed by atoms with Crippen LogP contribution in [0.2, 0.25) is 0 Å². The van der Waals surface area contributed by atoms with Gasteiger partial charge in [0.25, 0.3) is 0 Å². The standard InChI is InChI=1S/C12H14FN3O3S/c1-16(20(17,18)12-8-14-15-9-12)6-7-19-11-4-2-10(13)3-5-11/h2-5,8-9H,6-7H2,1H3,(H,14,15). The quantitative estimate of drug-likeness (QED) is 0.871. The van der Waals surface area contributed by atoms with Crippen molar-refractivity contribution in [2.45, 2.75) is 4.90 Å². The molecule has 0 bridgehead atoms. The van der Waals surface area contributed by atoms with E-state index >= 15 is 0 Å². The minimum absolute atomic E-state index is 0.0989. The van der Waals surface area contributed by atoms with Crippen LogP contribution in [0.25, 0.3) is 0 Å². The van der Waals surface area contributed by atoms with E-state index in [-0.39, 0.29) is 23.9 Å². The highest BCUT2D eigenvalue weighted by Crippen LogP contribution is 2.13. The van der Waals surface area contributed by atoms with Crippen LogP contribution in [0.15, 0.2) is 41.6 Å². The molecule has 20 heavy (non-hydrogen) atoms. The second-order valence-corrected chi connectivity index (χ2v) is 6.11. The second-order valence-electron chi connectivity index (χ2n) is 4.06. The average molecular weight is 299 g/mol. The van der Waals surface area contributed by atoms with E-state index in [1.165, 1.54) is 48.0 Å². The molecule has 0 saturated heterocycles. The normalized spacial score (nSPS) is 11.8. The summed E-state index contributed by atoms with van der Waals surface area (Å²) in [5, 5.41) is 6.06. The van der Waals surface area contributed by atoms with E-state index in [1.807, 2.05) is 0 Å². The molecule has 1 aromatic heterocycles. The maximum absolute atomic E-state index is 12.7. The SMILES string of the molecule is CN(CCOc1ccc(F)cc1)S(=O)(=O)c1cn[nH]c1. The number of nitrogens with zero attached hydrogens (tertiary/aromatic N) is 2. The van der Waals surface area contributed by atoms with Gasteiger partial charge >= 0.3 is 0 Å². The Kier molecular flexibility index (Phi) is 4.35. The van der Waals surface area contributed by atoms with Crippen molar-refractivity contribution in [2.75, 3.05) is 20.2 Å². The number of nitrogens with one attached hydrogen (secondary N) is 1. The number of sulfonamides is 1. The highest BCUT2D eigenvalue weighted by molar-refractivity contribution is 7.89. The molecule has 0 amide bonds. The molecule has 108 valence electrons. The fourth-order valence-corrected chi connectivity index (χ4v) is 2.57. The first-order chi connectivity index (χ1) is 9.50. The van der Waals surface area contributed by atoms with Crippen LogP contribution in [0, 0.1) is 5.82 Å². The molecular weight excluding hydrogens is 285 g/mol. The van der Waals surface area contributed by atoms with E-state index in [0.29, 0.717) is 5.75 Å². The van der Waals surface area contributed by atoms with Crippen LogP contribution in [0.3, 0.4) is 0 Å². The topological polar surface area (TPSA) is 75.3 Å². The fraction of sp³-hybridized carbons (Fsp3) is 0.250. The van der Waals surface area contributed by atoms with Gasteiger partial charge in [0.15, 0.2) is 0 Å². The number of hydrogen-bond donors (Lipinski definition) is 1. The second kappa shape index (κ2) is 6.02. The summed E-state index contributed by atoms with van der Waals surface area (Å²) < 4.78 is 43.3. The van der Waals surface area contributed by atoms with Crippen molar-refractivity contribution in [3.63, 3.8) is 0 Å². The third-order valence-corrected chi connectivity index (χ3v) is 4.49. The average Bonchev–Trinajstić information content (AvgIpc) is 2.95. The Morgan fingerprint density at radius 3 is 2.65 bits per heavy atom. The smallest absolute Gasteiger partial charge is 0.246 e. The lowest BCUT2D eigenvalue weighted by molar-refractivity contribution is 0.286. The third kappa shape index (κ3) is 3.34. The summed E-state index contributed by atoms with van der Waals surface area (Å²) in [6.45, 7) is 0.337. The highest BCUT2D eigenvalue weighted by Gasteiger charge is 2.21. The number of likely N-dealkylation sites (N-methyl/N-ethyl adjacent to an activating group) is 1. The van der Waals surface area contributed by atoms with E-state index < -0.39 is 10.0 Å². The summed E-state index contributed by atoms with van der Waals surface area (Å²) in [5.41, 5.74) is 0. The van der Waals surface area contributed by atoms with Gasteiger partial charge in [-0.25, -0.2) is 12.8 Å². The Morgan fingerprint density at radius 2 is 2.05 bits per heavy atom. The number of hydrogen-bond acceptors (Lipinski definition) is 4. The maximum atomic E-state index is 12.7. The summed E-state index contributed by atoms with van der Waals surface area (Å²) in [4.78, 5) is 0.0989. The zero-order valence-electron chi connectivity index (χ0n) is 10.8. The molecule has 0 saturated carbocycles. The van der Waals surface area contributed by atoms with Crippen LogP contribution in [0.5, 0.6) is 5.75 Å².